The lowest BCUT2D eigenvalue weighted by molar-refractivity contribution is -0.150. The van der Waals surface area contributed by atoms with Crippen LogP contribution in [0.4, 0.5) is 4.39 Å². The number of halogens is 1. The van der Waals surface area contributed by atoms with Crippen LogP contribution < -0.4 is 0 Å². The minimum Gasteiger partial charge on any atom is -0.479 e. The molecule has 2 nitrogen and oxygen atoms in total. The minimum absolute atomic E-state index is 0.00630. The molecule has 3 heteroatoms. The second-order valence-electron chi connectivity index (χ2n) is 3.49. The van der Waals surface area contributed by atoms with Crippen molar-refractivity contribution >= 4 is 5.97 Å². The lowest BCUT2D eigenvalue weighted by atomic mass is 9.99. The third-order valence-corrected chi connectivity index (χ3v) is 2.17. The fraction of sp³-hybridized carbons (Fsp3) is 0.364. The smallest absolute Gasteiger partial charge is 0.341 e. The molecule has 0 aliphatic carbocycles. The number of benzene rings is 1. The van der Waals surface area contributed by atoms with E-state index in [1.165, 1.54) is 0 Å². The van der Waals surface area contributed by atoms with Crippen molar-refractivity contribution in [3.63, 3.8) is 0 Å². The second kappa shape index (κ2) is 4.22. The molecule has 0 spiro atoms. The van der Waals surface area contributed by atoms with Crippen molar-refractivity contribution < 1.29 is 14.3 Å². The first kappa shape index (κ1) is 10.7. The van der Waals surface area contributed by atoms with E-state index in [0.717, 1.165) is 12.5 Å². The molecule has 1 rings (SSSR count). The first-order chi connectivity index (χ1) is 6.52. The van der Waals surface area contributed by atoms with Gasteiger partial charge in [-0.25, -0.2) is 9.18 Å². The molecule has 14 heavy (non-hydrogen) atoms. The number of carboxylic acid groups (broad SMARTS) is 1. The Kier molecular flexibility index (Phi) is 3.23. The lowest BCUT2D eigenvalue weighted by Gasteiger charge is -2.14. The van der Waals surface area contributed by atoms with Crippen LogP contribution in [-0.4, -0.2) is 16.7 Å². The van der Waals surface area contributed by atoms with Crippen LogP contribution in [0.2, 0.25) is 0 Å². The zero-order valence-electron chi connectivity index (χ0n) is 8.03. The summed E-state index contributed by atoms with van der Waals surface area (Å²) in [5.41, 5.74) is -1.17. The van der Waals surface area contributed by atoms with Crippen LogP contribution in [0.3, 0.4) is 0 Å². The van der Waals surface area contributed by atoms with Gasteiger partial charge in [-0.3, -0.25) is 0 Å². The number of carboxylic acids is 1. The van der Waals surface area contributed by atoms with Crippen molar-refractivity contribution in [1.82, 2.24) is 0 Å². The maximum absolute atomic E-state index is 13.3. The molecule has 1 N–H and O–H groups in total. The average Bonchev–Trinajstić information content (AvgIpc) is 2.16. The van der Waals surface area contributed by atoms with Crippen molar-refractivity contribution in [3.8, 4) is 0 Å². The van der Waals surface area contributed by atoms with Gasteiger partial charge in [0.2, 0.25) is 5.67 Å². The van der Waals surface area contributed by atoms with E-state index in [9.17, 15) is 9.18 Å². The van der Waals surface area contributed by atoms with Gasteiger partial charge >= 0.3 is 5.97 Å². The summed E-state index contributed by atoms with van der Waals surface area (Å²) in [7, 11) is 0. The molecule has 1 unspecified atom stereocenters. The zero-order valence-corrected chi connectivity index (χ0v) is 8.03. The van der Waals surface area contributed by atoms with Gasteiger partial charge in [-0.15, -0.1) is 0 Å². The Morgan fingerprint density at radius 3 is 2.50 bits per heavy atom. The van der Waals surface area contributed by atoms with E-state index in [4.69, 9.17) is 5.11 Å². The van der Waals surface area contributed by atoms with Gasteiger partial charge in [0, 0.05) is 0 Å². The van der Waals surface area contributed by atoms with Crippen molar-refractivity contribution in [3.05, 3.63) is 35.9 Å². The Balaban J connectivity index is 2.53. The highest BCUT2D eigenvalue weighted by molar-refractivity contribution is 5.76. The predicted octanol–water partition coefficient (Wildman–Crippen LogP) is 2.43. The molecule has 0 fully saturated rings. The Morgan fingerprint density at radius 2 is 2.00 bits per heavy atom. The van der Waals surface area contributed by atoms with E-state index < -0.39 is 11.6 Å². The van der Waals surface area contributed by atoms with Crippen LogP contribution in [0, 0.1) is 0 Å². The van der Waals surface area contributed by atoms with Crippen molar-refractivity contribution in [2.24, 2.45) is 0 Å². The Morgan fingerprint density at radius 1 is 1.43 bits per heavy atom. The summed E-state index contributed by atoms with van der Waals surface area (Å²) in [5, 5.41) is 8.54. The first-order valence-corrected chi connectivity index (χ1v) is 4.48. The van der Waals surface area contributed by atoms with Crippen LogP contribution in [0.25, 0.3) is 0 Å². The third-order valence-electron chi connectivity index (χ3n) is 2.17. The van der Waals surface area contributed by atoms with Gasteiger partial charge in [0.1, 0.15) is 0 Å². The van der Waals surface area contributed by atoms with Crippen LogP contribution in [0.15, 0.2) is 30.3 Å². The highest BCUT2D eigenvalue weighted by atomic mass is 19.1. The quantitative estimate of drug-likeness (QED) is 0.803. The molecule has 0 heterocycles. The largest absolute Gasteiger partial charge is 0.479 e. The van der Waals surface area contributed by atoms with Gasteiger partial charge < -0.3 is 5.11 Å². The van der Waals surface area contributed by atoms with E-state index in [-0.39, 0.29) is 6.42 Å². The SMILES string of the molecule is CC(F)(CCc1ccccc1)C(=O)O. The zero-order chi connectivity index (χ0) is 10.6. The second-order valence-corrected chi connectivity index (χ2v) is 3.49. The summed E-state index contributed by atoms with van der Waals surface area (Å²) in [5.74, 6) is -1.39. The average molecular weight is 196 g/mol. The molecule has 0 bridgehead atoms. The fourth-order valence-electron chi connectivity index (χ4n) is 1.13. The minimum atomic E-state index is -2.13. The highest BCUT2D eigenvalue weighted by Crippen LogP contribution is 2.18. The van der Waals surface area contributed by atoms with Crippen molar-refractivity contribution in [2.75, 3.05) is 0 Å². The Labute approximate surface area is 82.4 Å². The molecule has 0 aliphatic heterocycles. The van der Waals surface area contributed by atoms with Crippen LogP contribution in [-0.2, 0) is 11.2 Å². The van der Waals surface area contributed by atoms with Gasteiger partial charge in [0.15, 0.2) is 0 Å². The number of aliphatic carboxylic acids is 1. The number of rotatable bonds is 4. The van der Waals surface area contributed by atoms with Gasteiger partial charge in [-0.1, -0.05) is 30.3 Å². The lowest BCUT2D eigenvalue weighted by Crippen LogP contribution is -2.30. The van der Waals surface area contributed by atoms with Gasteiger partial charge in [0.25, 0.3) is 0 Å². The van der Waals surface area contributed by atoms with Gasteiger partial charge in [0.05, 0.1) is 0 Å². The summed E-state index contributed by atoms with van der Waals surface area (Å²) >= 11 is 0. The maximum Gasteiger partial charge on any atom is 0.341 e. The monoisotopic (exact) mass is 196 g/mol. The Bertz CT molecular complexity index is 306. The molecule has 0 aliphatic rings. The molecule has 0 amide bonds. The summed E-state index contributed by atoms with van der Waals surface area (Å²) in [4.78, 5) is 10.5. The van der Waals surface area contributed by atoms with Crippen molar-refractivity contribution in [1.29, 1.82) is 0 Å². The molecule has 1 aromatic rings. The number of carbonyl (C=O) groups is 1. The molecular formula is C11H13FO2. The molecule has 76 valence electrons. The third kappa shape index (κ3) is 2.83. The van der Waals surface area contributed by atoms with E-state index >= 15 is 0 Å². The van der Waals surface area contributed by atoms with E-state index in [0.29, 0.717) is 6.42 Å². The predicted molar refractivity (Wildman–Crippen MR) is 51.9 cm³/mol. The summed E-state index contributed by atoms with van der Waals surface area (Å²) in [6.45, 7) is 1.10. The van der Waals surface area contributed by atoms with E-state index in [1.807, 2.05) is 30.3 Å². The number of aryl methyl sites for hydroxylation is 1. The standard InChI is InChI=1S/C11H13FO2/c1-11(12,10(13)14)8-7-9-5-3-2-4-6-9/h2-6H,7-8H2,1H3,(H,13,14). The van der Waals surface area contributed by atoms with Crippen molar-refractivity contribution in [2.45, 2.75) is 25.4 Å². The summed E-state index contributed by atoms with van der Waals surface area (Å²) < 4.78 is 13.3. The first-order valence-electron chi connectivity index (χ1n) is 4.48. The molecule has 0 saturated heterocycles. The number of hydrogen-bond acceptors (Lipinski definition) is 1. The normalized spacial score (nSPS) is 14.7. The van der Waals surface area contributed by atoms with Crippen LogP contribution in [0.1, 0.15) is 18.9 Å². The van der Waals surface area contributed by atoms with Crippen LogP contribution in [0.5, 0.6) is 0 Å². The van der Waals surface area contributed by atoms with E-state index in [2.05, 4.69) is 0 Å². The Hall–Kier alpha value is -1.38. The molecule has 1 aromatic carbocycles. The molecule has 0 radical (unpaired) electrons. The molecule has 1 atom stereocenters. The van der Waals surface area contributed by atoms with Crippen LogP contribution >= 0.6 is 0 Å². The summed E-state index contributed by atoms with van der Waals surface area (Å²) in [6.07, 6.45) is 0.451. The van der Waals surface area contributed by atoms with Gasteiger partial charge in [-0.05, 0) is 25.3 Å². The molecular weight excluding hydrogens is 183 g/mol. The number of alkyl halides is 1. The highest BCUT2D eigenvalue weighted by Gasteiger charge is 2.31. The molecule has 0 aromatic heterocycles. The van der Waals surface area contributed by atoms with Gasteiger partial charge in [-0.2, -0.15) is 0 Å². The topological polar surface area (TPSA) is 37.3 Å². The molecule has 0 saturated carbocycles. The summed E-state index contributed by atoms with van der Waals surface area (Å²) in [6, 6.07) is 9.29. The van der Waals surface area contributed by atoms with E-state index in [1.54, 1.807) is 0 Å². The fourth-order valence-corrected chi connectivity index (χ4v) is 1.13. The maximum atomic E-state index is 13.3. The number of hydrogen-bond donors (Lipinski definition) is 1.